The van der Waals surface area contributed by atoms with E-state index in [4.69, 9.17) is 15.6 Å². The van der Waals surface area contributed by atoms with E-state index in [0.717, 1.165) is 0 Å². The molecule has 0 aromatic heterocycles. The maximum atomic E-state index is 11.5. The second-order valence-corrected chi connectivity index (χ2v) is 3.66. The highest BCUT2D eigenvalue weighted by Gasteiger charge is 2.27. The minimum Gasteiger partial charge on any atom is -0.481 e. The topological polar surface area (TPSA) is 92.9 Å². The molecule has 0 aromatic carbocycles. The van der Waals surface area contributed by atoms with Gasteiger partial charge in [0.25, 0.3) is 0 Å². The number of rotatable bonds is 3. The third kappa shape index (κ3) is 3.49. The highest BCUT2D eigenvalue weighted by molar-refractivity contribution is 5.81. The van der Waals surface area contributed by atoms with Crippen LogP contribution in [0.25, 0.3) is 0 Å². The summed E-state index contributed by atoms with van der Waals surface area (Å²) in [7, 11) is 0. The number of carbonyl (C=O) groups is 2. The van der Waals surface area contributed by atoms with Crippen molar-refractivity contribution in [1.29, 1.82) is 0 Å². The van der Waals surface area contributed by atoms with Crippen LogP contribution >= 0.6 is 0 Å². The van der Waals surface area contributed by atoms with Crippen molar-refractivity contribution in [1.82, 2.24) is 4.90 Å². The molecular formula is C9H16N2O4. The first kappa shape index (κ1) is 11.9. The van der Waals surface area contributed by atoms with Gasteiger partial charge in [0.1, 0.15) is 0 Å². The fraction of sp³-hybridized carbons (Fsp3) is 0.778. The molecule has 1 aliphatic rings. The Kier molecular flexibility index (Phi) is 4.05. The van der Waals surface area contributed by atoms with E-state index in [-0.39, 0.29) is 12.3 Å². The van der Waals surface area contributed by atoms with Crippen LogP contribution < -0.4 is 5.73 Å². The van der Waals surface area contributed by atoms with E-state index < -0.39 is 18.1 Å². The SMILES string of the molecule is C[C@H](N)C(=O)N1CCOC(CC(=O)O)C1. The number of hydrogen-bond acceptors (Lipinski definition) is 4. The van der Waals surface area contributed by atoms with Crippen LogP contribution in [0, 0.1) is 0 Å². The molecule has 0 aliphatic carbocycles. The normalized spacial score (nSPS) is 23.6. The number of hydrogen-bond donors (Lipinski definition) is 2. The van der Waals surface area contributed by atoms with Crippen molar-refractivity contribution >= 4 is 11.9 Å². The fourth-order valence-corrected chi connectivity index (χ4v) is 1.53. The molecule has 1 unspecified atom stereocenters. The van der Waals surface area contributed by atoms with Gasteiger partial charge in [-0.1, -0.05) is 0 Å². The molecule has 1 heterocycles. The standard InChI is InChI=1S/C9H16N2O4/c1-6(10)9(14)11-2-3-15-7(5-11)4-8(12)13/h6-7H,2-5,10H2,1H3,(H,12,13)/t6-,7?/m0/s1. The van der Waals surface area contributed by atoms with E-state index in [2.05, 4.69) is 0 Å². The number of carbonyl (C=O) groups excluding carboxylic acids is 1. The molecule has 1 aliphatic heterocycles. The summed E-state index contributed by atoms with van der Waals surface area (Å²) in [5.41, 5.74) is 5.47. The molecule has 0 bridgehead atoms. The van der Waals surface area contributed by atoms with Crippen molar-refractivity contribution in [3.8, 4) is 0 Å². The van der Waals surface area contributed by atoms with Crippen LogP contribution in [0.15, 0.2) is 0 Å². The summed E-state index contributed by atoms with van der Waals surface area (Å²) >= 11 is 0. The van der Waals surface area contributed by atoms with Gasteiger partial charge in [-0.3, -0.25) is 9.59 Å². The summed E-state index contributed by atoms with van der Waals surface area (Å²) in [4.78, 5) is 23.6. The van der Waals surface area contributed by atoms with Crippen molar-refractivity contribution < 1.29 is 19.4 Å². The van der Waals surface area contributed by atoms with Crippen molar-refractivity contribution in [2.75, 3.05) is 19.7 Å². The molecule has 1 rings (SSSR count). The molecule has 1 fully saturated rings. The molecule has 1 saturated heterocycles. The molecule has 6 heteroatoms. The molecule has 2 atom stereocenters. The number of amides is 1. The Bertz CT molecular complexity index is 254. The molecule has 0 saturated carbocycles. The van der Waals surface area contributed by atoms with Gasteiger partial charge in [-0.2, -0.15) is 0 Å². The molecule has 0 spiro atoms. The lowest BCUT2D eigenvalue weighted by molar-refractivity contribution is -0.148. The van der Waals surface area contributed by atoms with Gasteiger partial charge >= 0.3 is 5.97 Å². The van der Waals surface area contributed by atoms with Gasteiger partial charge in [0.2, 0.25) is 5.91 Å². The third-order valence-electron chi connectivity index (χ3n) is 2.24. The Labute approximate surface area is 88.0 Å². The highest BCUT2D eigenvalue weighted by Crippen LogP contribution is 2.09. The molecular weight excluding hydrogens is 200 g/mol. The van der Waals surface area contributed by atoms with Crippen LogP contribution in [0.5, 0.6) is 0 Å². The first-order valence-electron chi connectivity index (χ1n) is 4.88. The van der Waals surface area contributed by atoms with Crippen LogP contribution in [0.1, 0.15) is 13.3 Å². The minimum atomic E-state index is -0.921. The zero-order chi connectivity index (χ0) is 11.4. The minimum absolute atomic E-state index is 0.0806. The Balaban J connectivity index is 2.48. The predicted molar refractivity (Wildman–Crippen MR) is 52.2 cm³/mol. The smallest absolute Gasteiger partial charge is 0.306 e. The van der Waals surface area contributed by atoms with Gasteiger partial charge < -0.3 is 20.5 Å². The van der Waals surface area contributed by atoms with Crippen molar-refractivity contribution in [2.45, 2.75) is 25.5 Å². The van der Waals surface area contributed by atoms with E-state index in [9.17, 15) is 9.59 Å². The molecule has 0 aromatic rings. The Morgan fingerprint density at radius 2 is 2.33 bits per heavy atom. The maximum absolute atomic E-state index is 11.5. The van der Waals surface area contributed by atoms with E-state index in [1.54, 1.807) is 11.8 Å². The van der Waals surface area contributed by atoms with E-state index >= 15 is 0 Å². The first-order chi connectivity index (χ1) is 7.00. The van der Waals surface area contributed by atoms with Crippen molar-refractivity contribution in [2.24, 2.45) is 5.73 Å². The lowest BCUT2D eigenvalue weighted by atomic mass is 10.2. The number of aliphatic carboxylic acids is 1. The number of nitrogens with zero attached hydrogens (tertiary/aromatic N) is 1. The molecule has 3 N–H and O–H groups in total. The maximum Gasteiger partial charge on any atom is 0.306 e. The van der Waals surface area contributed by atoms with Gasteiger partial charge in [-0.25, -0.2) is 0 Å². The lowest BCUT2D eigenvalue weighted by Gasteiger charge is -2.33. The summed E-state index contributed by atoms with van der Waals surface area (Å²) in [5, 5.41) is 8.59. The quantitative estimate of drug-likeness (QED) is 0.633. The monoisotopic (exact) mass is 216 g/mol. The highest BCUT2D eigenvalue weighted by atomic mass is 16.5. The first-order valence-corrected chi connectivity index (χ1v) is 4.88. The predicted octanol–water partition coefficient (Wildman–Crippen LogP) is -0.964. The summed E-state index contributed by atoms with van der Waals surface area (Å²) < 4.78 is 5.23. The van der Waals surface area contributed by atoms with Crippen LogP contribution in [0.2, 0.25) is 0 Å². The molecule has 0 radical (unpaired) electrons. The van der Waals surface area contributed by atoms with Gasteiger partial charge in [0.15, 0.2) is 0 Å². The average Bonchev–Trinajstić information content (AvgIpc) is 2.16. The number of ether oxygens (including phenoxy) is 1. The van der Waals surface area contributed by atoms with Crippen LogP contribution in [-0.2, 0) is 14.3 Å². The van der Waals surface area contributed by atoms with Gasteiger partial charge in [0, 0.05) is 13.1 Å². The second kappa shape index (κ2) is 5.09. The number of nitrogens with two attached hydrogens (primary N) is 1. The largest absolute Gasteiger partial charge is 0.481 e. The summed E-state index contributed by atoms with van der Waals surface area (Å²) in [6, 6.07) is -0.548. The zero-order valence-electron chi connectivity index (χ0n) is 8.68. The van der Waals surface area contributed by atoms with Gasteiger partial charge in [-0.15, -0.1) is 0 Å². The van der Waals surface area contributed by atoms with Crippen molar-refractivity contribution in [3.05, 3.63) is 0 Å². The number of carboxylic acids is 1. The zero-order valence-corrected chi connectivity index (χ0v) is 8.68. The number of morpholine rings is 1. The van der Waals surface area contributed by atoms with Crippen molar-refractivity contribution in [3.63, 3.8) is 0 Å². The summed E-state index contributed by atoms with van der Waals surface area (Å²) in [6.45, 7) is 2.78. The van der Waals surface area contributed by atoms with E-state index in [1.165, 1.54) is 0 Å². The Morgan fingerprint density at radius 3 is 2.87 bits per heavy atom. The lowest BCUT2D eigenvalue weighted by Crippen LogP contribution is -2.50. The van der Waals surface area contributed by atoms with Gasteiger partial charge in [-0.05, 0) is 6.92 Å². The Hall–Kier alpha value is -1.14. The second-order valence-electron chi connectivity index (χ2n) is 3.66. The van der Waals surface area contributed by atoms with E-state index in [0.29, 0.717) is 19.7 Å². The molecule has 86 valence electrons. The van der Waals surface area contributed by atoms with Crippen LogP contribution in [0.3, 0.4) is 0 Å². The summed E-state index contributed by atoms with van der Waals surface area (Å²) in [6.07, 6.45) is -0.498. The van der Waals surface area contributed by atoms with Crippen LogP contribution in [0.4, 0.5) is 0 Å². The Morgan fingerprint density at radius 1 is 1.67 bits per heavy atom. The third-order valence-corrected chi connectivity index (χ3v) is 2.24. The molecule has 1 amide bonds. The van der Waals surface area contributed by atoms with E-state index in [1.807, 2.05) is 0 Å². The average molecular weight is 216 g/mol. The number of carboxylic acid groups (broad SMARTS) is 1. The van der Waals surface area contributed by atoms with Crippen LogP contribution in [-0.4, -0.2) is 53.7 Å². The van der Waals surface area contributed by atoms with Gasteiger partial charge in [0.05, 0.1) is 25.2 Å². The fourth-order valence-electron chi connectivity index (χ4n) is 1.53. The molecule has 6 nitrogen and oxygen atoms in total. The summed E-state index contributed by atoms with van der Waals surface area (Å²) in [5.74, 6) is -1.08. The molecule has 15 heavy (non-hydrogen) atoms.